The quantitative estimate of drug-likeness (QED) is 0.924. The van der Waals surface area contributed by atoms with E-state index in [1.807, 2.05) is 23.7 Å². The van der Waals surface area contributed by atoms with Crippen molar-refractivity contribution < 1.29 is 9.47 Å². The Balaban J connectivity index is 2.00. The third kappa shape index (κ3) is 2.04. The molecule has 2 N–H and O–H groups in total. The first-order chi connectivity index (χ1) is 9.74. The number of methoxy groups -OCH3 is 1. The van der Waals surface area contributed by atoms with Crippen LogP contribution < -0.4 is 15.2 Å². The van der Waals surface area contributed by atoms with Crippen LogP contribution in [0, 0.1) is 0 Å². The fourth-order valence-corrected chi connectivity index (χ4v) is 2.66. The number of fused-ring (bicyclic) bond motifs is 1. The number of nitrogens with two attached hydrogens (primary N) is 1. The van der Waals surface area contributed by atoms with E-state index in [-0.39, 0.29) is 6.04 Å². The van der Waals surface area contributed by atoms with E-state index in [1.165, 1.54) is 5.56 Å². The van der Waals surface area contributed by atoms with E-state index in [4.69, 9.17) is 15.2 Å². The molecule has 2 heterocycles. The van der Waals surface area contributed by atoms with E-state index in [2.05, 4.69) is 11.2 Å². The number of ether oxygens (including phenoxy) is 2. The van der Waals surface area contributed by atoms with Gasteiger partial charge in [-0.2, -0.15) is 5.10 Å². The van der Waals surface area contributed by atoms with Gasteiger partial charge in [-0.15, -0.1) is 0 Å². The van der Waals surface area contributed by atoms with Crippen LogP contribution in [-0.2, 0) is 13.0 Å². The number of hydrogen-bond donors (Lipinski definition) is 1. The summed E-state index contributed by atoms with van der Waals surface area (Å²) in [5.41, 5.74) is 9.62. The number of aromatic nitrogens is 2. The molecule has 0 radical (unpaired) electrons. The van der Waals surface area contributed by atoms with Crippen molar-refractivity contribution in [1.82, 2.24) is 9.78 Å². The minimum Gasteiger partial charge on any atom is -0.493 e. The molecule has 0 bridgehead atoms. The number of aryl methyl sites for hydroxylation is 1. The Morgan fingerprint density at radius 3 is 3.10 bits per heavy atom. The fourth-order valence-electron chi connectivity index (χ4n) is 2.66. The second kappa shape index (κ2) is 5.17. The van der Waals surface area contributed by atoms with Crippen molar-refractivity contribution in [2.45, 2.75) is 25.9 Å². The minimum absolute atomic E-state index is 0.252. The van der Waals surface area contributed by atoms with Gasteiger partial charge in [0.1, 0.15) is 11.4 Å². The second-order valence-corrected chi connectivity index (χ2v) is 4.86. The van der Waals surface area contributed by atoms with Gasteiger partial charge < -0.3 is 15.2 Å². The highest BCUT2D eigenvalue weighted by molar-refractivity contribution is 5.44. The summed E-state index contributed by atoms with van der Waals surface area (Å²) < 4.78 is 12.8. The largest absolute Gasteiger partial charge is 0.493 e. The Hall–Kier alpha value is -2.01. The van der Waals surface area contributed by atoms with Crippen LogP contribution in [0.3, 0.4) is 0 Å². The Bertz CT molecular complexity index is 600. The Labute approximate surface area is 118 Å². The van der Waals surface area contributed by atoms with E-state index < -0.39 is 0 Å². The van der Waals surface area contributed by atoms with Crippen LogP contribution >= 0.6 is 0 Å². The van der Waals surface area contributed by atoms with Crippen LogP contribution in [0.2, 0.25) is 0 Å². The van der Waals surface area contributed by atoms with Gasteiger partial charge in [0.15, 0.2) is 5.75 Å². The first-order valence-corrected chi connectivity index (χ1v) is 6.85. The molecule has 1 atom stereocenters. The highest BCUT2D eigenvalue weighted by Crippen LogP contribution is 2.32. The number of hydrogen-bond acceptors (Lipinski definition) is 4. The lowest BCUT2D eigenvalue weighted by molar-refractivity contribution is 0.357. The van der Waals surface area contributed by atoms with Gasteiger partial charge in [-0.3, -0.25) is 4.68 Å². The smallest absolute Gasteiger partial charge is 0.161 e. The summed E-state index contributed by atoms with van der Waals surface area (Å²) in [7, 11) is 1.64. The molecule has 0 amide bonds. The zero-order valence-corrected chi connectivity index (χ0v) is 11.8. The maximum absolute atomic E-state index is 6.43. The lowest BCUT2D eigenvalue weighted by atomic mass is 10.0. The molecular weight excluding hydrogens is 254 g/mol. The summed E-state index contributed by atoms with van der Waals surface area (Å²) >= 11 is 0. The summed E-state index contributed by atoms with van der Waals surface area (Å²) in [5.74, 6) is 1.70. The number of rotatable bonds is 4. The van der Waals surface area contributed by atoms with Crippen molar-refractivity contribution in [3.05, 3.63) is 41.2 Å². The molecule has 0 spiro atoms. The third-order valence-corrected chi connectivity index (χ3v) is 3.73. The van der Waals surface area contributed by atoms with E-state index >= 15 is 0 Å². The fraction of sp³-hybridized carbons (Fsp3) is 0.400. The summed E-state index contributed by atoms with van der Waals surface area (Å²) in [6.45, 7) is 3.56. The first-order valence-electron chi connectivity index (χ1n) is 6.85. The number of nitrogens with zero attached hydrogens (tertiary/aromatic N) is 2. The number of benzene rings is 1. The molecule has 20 heavy (non-hydrogen) atoms. The molecule has 1 aromatic carbocycles. The van der Waals surface area contributed by atoms with Crippen molar-refractivity contribution in [1.29, 1.82) is 0 Å². The monoisotopic (exact) mass is 273 g/mol. The summed E-state index contributed by atoms with van der Waals surface area (Å²) in [6.07, 6.45) is 2.66. The molecule has 106 valence electrons. The molecule has 5 nitrogen and oxygen atoms in total. The highest BCUT2D eigenvalue weighted by Gasteiger charge is 2.21. The Kier molecular flexibility index (Phi) is 3.36. The topological polar surface area (TPSA) is 62.3 Å². The van der Waals surface area contributed by atoms with Crippen LogP contribution in [-0.4, -0.2) is 23.5 Å². The van der Waals surface area contributed by atoms with Gasteiger partial charge in [0.2, 0.25) is 0 Å². The van der Waals surface area contributed by atoms with E-state index in [9.17, 15) is 0 Å². The van der Waals surface area contributed by atoms with Crippen molar-refractivity contribution in [3.63, 3.8) is 0 Å². The molecule has 0 fully saturated rings. The van der Waals surface area contributed by atoms with Gasteiger partial charge in [-0.05, 0) is 24.1 Å². The van der Waals surface area contributed by atoms with Crippen LogP contribution in [0.15, 0.2) is 24.4 Å². The first kappa shape index (κ1) is 13.0. The molecule has 1 aliphatic heterocycles. The second-order valence-electron chi connectivity index (χ2n) is 4.86. The Morgan fingerprint density at radius 1 is 1.50 bits per heavy atom. The molecular formula is C15H19N3O2. The molecule has 1 unspecified atom stereocenters. The average molecular weight is 273 g/mol. The molecule has 0 saturated carbocycles. The molecule has 5 heteroatoms. The normalized spacial score (nSPS) is 14.8. The lowest BCUT2D eigenvalue weighted by Gasteiger charge is -2.16. The summed E-state index contributed by atoms with van der Waals surface area (Å²) in [5, 5.41) is 4.31. The van der Waals surface area contributed by atoms with Crippen molar-refractivity contribution >= 4 is 0 Å². The van der Waals surface area contributed by atoms with Gasteiger partial charge >= 0.3 is 0 Å². The summed E-state index contributed by atoms with van der Waals surface area (Å²) in [4.78, 5) is 0. The average Bonchev–Trinajstić information content (AvgIpc) is 3.11. The predicted molar refractivity (Wildman–Crippen MR) is 76.1 cm³/mol. The van der Waals surface area contributed by atoms with Crippen LogP contribution in [0.1, 0.15) is 29.8 Å². The molecule has 1 aromatic heterocycles. The highest BCUT2D eigenvalue weighted by atomic mass is 16.5. The molecule has 0 saturated heterocycles. The summed E-state index contributed by atoms with van der Waals surface area (Å²) in [6, 6.07) is 5.88. The zero-order valence-electron chi connectivity index (χ0n) is 11.8. The standard InChI is InChI=1S/C15H19N3O2/c1-3-18-15(13(19-2)9-17-18)14(16)11-4-5-12-10(8-11)6-7-20-12/h4-5,8-9,14H,3,6-7,16H2,1-2H3. The third-order valence-electron chi connectivity index (χ3n) is 3.73. The zero-order chi connectivity index (χ0) is 14.1. The van der Waals surface area contributed by atoms with Crippen LogP contribution in [0.25, 0.3) is 0 Å². The Morgan fingerprint density at radius 2 is 2.35 bits per heavy atom. The maximum atomic E-state index is 6.43. The van der Waals surface area contributed by atoms with Gasteiger partial charge in [0.05, 0.1) is 26.0 Å². The van der Waals surface area contributed by atoms with E-state index in [0.29, 0.717) is 0 Å². The van der Waals surface area contributed by atoms with Crippen molar-refractivity contribution in [2.24, 2.45) is 5.73 Å². The molecule has 2 aromatic rings. The SMILES string of the molecule is CCn1ncc(OC)c1C(N)c1ccc2c(c1)CCO2. The van der Waals surface area contributed by atoms with E-state index in [0.717, 1.165) is 42.3 Å². The molecule has 0 aliphatic carbocycles. The van der Waals surface area contributed by atoms with Gasteiger partial charge in [0.25, 0.3) is 0 Å². The van der Waals surface area contributed by atoms with Gasteiger partial charge in [-0.25, -0.2) is 0 Å². The van der Waals surface area contributed by atoms with Crippen LogP contribution in [0.5, 0.6) is 11.5 Å². The predicted octanol–water partition coefficient (Wildman–Crippen LogP) is 1.89. The lowest BCUT2D eigenvalue weighted by Crippen LogP contribution is -2.18. The molecule has 1 aliphatic rings. The van der Waals surface area contributed by atoms with Gasteiger partial charge in [0, 0.05) is 13.0 Å². The van der Waals surface area contributed by atoms with E-state index in [1.54, 1.807) is 13.3 Å². The van der Waals surface area contributed by atoms with Crippen LogP contribution in [0.4, 0.5) is 0 Å². The van der Waals surface area contributed by atoms with Gasteiger partial charge in [-0.1, -0.05) is 12.1 Å². The van der Waals surface area contributed by atoms with Crippen molar-refractivity contribution in [2.75, 3.05) is 13.7 Å². The maximum Gasteiger partial charge on any atom is 0.161 e. The van der Waals surface area contributed by atoms with Crippen molar-refractivity contribution in [3.8, 4) is 11.5 Å². The minimum atomic E-state index is -0.252. The molecule has 3 rings (SSSR count).